The standard InChI is InChI=1S/C13H19BrN2O3/c1-15-10(17)11(18)16(12(15)19)9-13(8-14)6-4-2-3-5-7-13/h2-9H2,1H3. The summed E-state index contributed by atoms with van der Waals surface area (Å²) in [7, 11) is 1.36. The summed E-state index contributed by atoms with van der Waals surface area (Å²) in [5.74, 6) is -1.40. The van der Waals surface area contributed by atoms with Crippen LogP contribution in [0.3, 0.4) is 0 Å². The van der Waals surface area contributed by atoms with Crippen molar-refractivity contribution in [2.45, 2.75) is 38.5 Å². The summed E-state index contributed by atoms with van der Waals surface area (Å²) < 4.78 is 0. The maximum Gasteiger partial charge on any atom is 0.333 e. The van der Waals surface area contributed by atoms with E-state index in [0.29, 0.717) is 6.54 Å². The predicted octanol–water partition coefficient (Wildman–Crippen LogP) is 2.14. The van der Waals surface area contributed by atoms with E-state index in [9.17, 15) is 14.4 Å². The molecule has 0 N–H and O–H groups in total. The molecule has 1 saturated carbocycles. The minimum absolute atomic E-state index is 0.0761. The summed E-state index contributed by atoms with van der Waals surface area (Å²) in [4.78, 5) is 37.3. The van der Waals surface area contributed by atoms with Crippen LogP contribution in [-0.2, 0) is 9.59 Å². The van der Waals surface area contributed by atoms with Crippen LogP contribution in [0.5, 0.6) is 0 Å². The lowest BCUT2D eigenvalue weighted by molar-refractivity contribution is -0.143. The number of hydrogen-bond donors (Lipinski definition) is 0. The van der Waals surface area contributed by atoms with Gasteiger partial charge in [-0.2, -0.15) is 0 Å². The van der Waals surface area contributed by atoms with Gasteiger partial charge in [-0.15, -0.1) is 0 Å². The second kappa shape index (κ2) is 5.61. The van der Waals surface area contributed by atoms with Gasteiger partial charge in [-0.05, 0) is 18.3 Å². The third-order valence-corrected chi connectivity index (χ3v) is 5.38. The van der Waals surface area contributed by atoms with Gasteiger partial charge in [0.05, 0.1) is 0 Å². The number of carbonyl (C=O) groups excluding carboxylic acids is 3. The number of likely N-dealkylation sites (N-methyl/N-ethyl adjacent to an activating group) is 1. The Morgan fingerprint density at radius 3 is 2.05 bits per heavy atom. The van der Waals surface area contributed by atoms with E-state index in [-0.39, 0.29) is 5.41 Å². The number of carbonyl (C=O) groups is 3. The van der Waals surface area contributed by atoms with E-state index in [2.05, 4.69) is 15.9 Å². The first kappa shape index (κ1) is 14.5. The van der Waals surface area contributed by atoms with Crippen molar-refractivity contribution in [2.24, 2.45) is 5.41 Å². The SMILES string of the molecule is CN1C(=O)C(=O)N(CC2(CBr)CCCCCC2)C1=O. The zero-order valence-corrected chi connectivity index (χ0v) is 12.7. The van der Waals surface area contributed by atoms with Gasteiger partial charge in [-0.1, -0.05) is 41.6 Å². The minimum atomic E-state index is -0.719. The highest BCUT2D eigenvalue weighted by Crippen LogP contribution is 2.38. The number of urea groups is 1. The second-order valence-electron chi connectivity index (χ2n) is 5.59. The molecule has 0 aromatic rings. The number of hydrogen-bond acceptors (Lipinski definition) is 3. The quantitative estimate of drug-likeness (QED) is 0.345. The highest BCUT2D eigenvalue weighted by atomic mass is 79.9. The lowest BCUT2D eigenvalue weighted by Crippen LogP contribution is -2.42. The Kier molecular flexibility index (Phi) is 4.28. The third-order valence-electron chi connectivity index (χ3n) is 4.19. The van der Waals surface area contributed by atoms with Crippen LogP contribution in [-0.4, -0.2) is 46.6 Å². The summed E-state index contributed by atoms with van der Waals surface area (Å²) in [5, 5.41) is 0.759. The summed E-state index contributed by atoms with van der Waals surface area (Å²) in [6.45, 7) is 0.353. The van der Waals surface area contributed by atoms with Gasteiger partial charge in [0.2, 0.25) is 0 Å². The smallest absolute Gasteiger partial charge is 0.263 e. The van der Waals surface area contributed by atoms with E-state index < -0.39 is 17.8 Å². The van der Waals surface area contributed by atoms with Gasteiger partial charge in [0.25, 0.3) is 0 Å². The first-order valence-electron chi connectivity index (χ1n) is 6.70. The molecule has 0 aromatic carbocycles. The molecule has 0 unspecified atom stereocenters. The van der Waals surface area contributed by atoms with Crippen molar-refractivity contribution in [3.05, 3.63) is 0 Å². The molecule has 2 rings (SSSR count). The normalized spacial score (nSPS) is 24.0. The van der Waals surface area contributed by atoms with Gasteiger partial charge in [0.1, 0.15) is 0 Å². The van der Waals surface area contributed by atoms with Gasteiger partial charge in [0, 0.05) is 18.9 Å². The van der Waals surface area contributed by atoms with Crippen LogP contribution in [0.1, 0.15) is 38.5 Å². The Hall–Kier alpha value is -0.910. The molecule has 106 valence electrons. The first-order chi connectivity index (χ1) is 9.01. The predicted molar refractivity (Wildman–Crippen MR) is 73.8 cm³/mol. The molecular formula is C13H19BrN2O3. The largest absolute Gasteiger partial charge is 0.333 e. The van der Waals surface area contributed by atoms with Crippen molar-refractivity contribution in [1.29, 1.82) is 0 Å². The monoisotopic (exact) mass is 330 g/mol. The zero-order valence-electron chi connectivity index (χ0n) is 11.2. The summed E-state index contributed by atoms with van der Waals surface area (Å²) in [5.41, 5.74) is -0.0761. The summed E-state index contributed by atoms with van der Waals surface area (Å²) in [6, 6.07) is -0.487. The van der Waals surface area contributed by atoms with Crippen LogP contribution in [0.25, 0.3) is 0 Å². The summed E-state index contributed by atoms with van der Waals surface area (Å²) in [6.07, 6.45) is 6.63. The fourth-order valence-electron chi connectivity index (χ4n) is 2.90. The van der Waals surface area contributed by atoms with Crippen molar-refractivity contribution in [3.8, 4) is 0 Å². The highest BCUT2D eigenvalue weighted by Gasteiger charge is 2.46. The van der Waals surface area contributed by atoms with Crippen molar-refractivity contribution in [3.63, 3.8) is 0 Å². The van der Waals surface area contributed by atoms with E-state index in [4.69, 9.17) is 0 Å². The zero-order chi connectivity index (χ0) is 14.0. The molecule has 1 saturated heterocycles. The minimum Gasteiger partial charge on any atom is -0.263 e. The molecule has 2 fully saturated rings. The topological polar surface area (TPSA) is 57.7 Å². The lowest BCUT2D eigenvalue weighted by Gasteiger charge is -2.33. The number of alkyl halides is 1. The molecule has 0 spiro atoms. The van der Waals surface area contributed by atoms with E-state index in [1.54, 1.807) is 0 Å². The van der Waals surface area contributed by atoms with Crippen LogP contribution < -0.4 is 0 Å². The molecule has 0 aromatic heterocycles. The molecule has 0 radical (unpaired) electrons. The van der Waals surface area contributed by atoms with Crippen molar-refractivity contribution in [1.82, 2.24) is 9.80 Å². The molecule has 1 aliphatic carbocycles. The molecular weight excluding hydrogens is 312 g/mol. The Balaban J connectivity index is 2.16. The molecule has 2 aliphatic rings. The van der Waals surface area contributed by atoms with Crippen molar-refractivity contribution < 1.29 is 14.4 Å². The highest BCUT2D eigenvalue weighted by molar-refractivity contribution is 9.09. The fourth-order valence-corrected chi connectivity index (χ4v) is 3.64. The Labute approximate surface area is 121 Å². The van der Waals surface area contributed by atoms with Gasteiger partial charge in [-0.3, -0.25) is 19.4 Å². The van der Waals surface area contributed by atoms with E-state index in [1.165, 1.54) is 19.9 Å². The lowest BCUT2D eigenvalue weighted by atomic mass is 9.82. The van der Waals surface area contributed by atoms with Crippen molar-refractivity contribution in [2.75, 3.05) is 18.9 Å². The third kappa shape index (κ3) is 2.68. The van der Waals surface area contributed by atoms with Crippen LogP contribution in [0.4, 0.5) is 4.79 Å². The number of rotatable bonds is 3. The second-order valence-corrected chi connectivity index (χ2v) is 6.15. The van der Waals surface area contributed by atoms with E-state index in [1.807, 2.05) is 0 Å². The molecule has 6 heteroatoms. The molecule has 1 heterocycles. The molecule has 5 nitrogen and oxygen atoms in total. The van der Waals surface area contributed by atoms with Gasteiger partial charge < -0.3 is 0 Å². The Morgan fingerprint density at radius 1 is 1.05 bits per heavy atom. The molecule has 4 amide bonds. The van der Waals surface area contributed by atoms with Gasteiger partial charge in [0.15, 0.2) is 0 Å². The van der Waals surface area contributed by atoms with Crippen LogP contribution >= 0.6 is 15.9 Å². The number of nitrogens with zero attached hydrogens (tertiary/aromatic N) is 2. The number of imide groups is 2. The Morgan fingerprint density at radius 2 is 1.63 bits per heavy atom. The molecule has 0 atom stereocenters. The molecule has 1 aliphatic heterocycles. The summed E-state index contributed by atoms with van der Waals surface area (Å²) >= 11 is 3.53. The van der Waals surface area contributed by atoms with E-state index in [0.717, 1.165) is 40.8 Å². The Bertz CT molecular complexity index is 403. The average molecular weight is 331 g/mol. The van der Waals surface area contributed by atoms with Gasteiger partial charge in [-0.25, -0.2) is 4.79 Å². The van der Waals surface area contributed by atoms with Gasteiger partial charge >= 0.3 is 17.8 Å². The van der Waals surface area contributed by atoms with Crippen LogP contribution in [0.15, 0.2) is 0 Å². The number of amides is 4. The van der Waals surface area contributed by atoms with Crippen LogP contribution in [0, 0.1) is 5.41 Å². The fraction of sp³-hybridized carbons (Fsp3) is 0.769. The molecule has 19 heavy (non-hydrogen) atoms. The number of halogens is 1. The van der Waals surface area contributed by atoms with Crippen molar-refractivity contribution >= 4 is 33.8 Å². The van der Waals surface area contributed by atoms with E-state index >= 15 is 0 Å². The first-order valence-corrected chi connectivity index (χ1v) is 7.82. The molecule has 0 bridgehead atoms. The maximum atomic E-state index is 11.9. The maximum absolute atomic E-state index is 11.9. The van der Waals surface area contributed by atoms with Crippen LogP contribution in [0.2, 0.25) is 0 Å². The average Bonchev–Trinajstić information content (AvgIpc) is 2.63.